The monoisotopic (exact) mass is 284 g/mol. The van der Waals surface area contributed by atoms with Crippen LogP contribution in [-0.4, -0.2) is 13.0 Å². The van der Waals surface area contributed by atoms with Crippen molar-refractivity contribution >= 4 is 37.7 Å². The van der Waals surface area contributed by atoms with Gasteiger partial charge in [-0.15, -0.1) is 0 Å². The van der Waals surface area contributed by atoms with E-state index in [9.17, 15) is 13.0 Å². The molecule has 1 N–H and O–H groups in total. The summed E-state index contributed by atoms with van der Waals surface area (Å²) in [6.07, 6.45) is 1.43. The van der Waals surface area contributed by atoms with Gasteiger partial charge in [0, 0.05) is 5.39 Å². The largest absolute Gasteiger partial charge is 0.295 e. The van der Waals surface area contributed by atoms with Gasteiger partial charge in [0.05, 0.1) is 0 Å². The SMILES string of the molecule is C=Cc1ccc2cc3ccccc3cc2c1S(=O)(=O)O. The highest BCUT2D eigenvalue weighted by atomic mass is 32.2. The van der Waals surface area contributed by atoms with Crippen LogP contribution in [-0.2, 0) is 10.1 Å². The lowest BCUT2D eigenvalue weighted by Crippen LogP contribution is -2.02. The Hall–Kier alpha value is -2.17. The Balaban J connectivity index is 2.56. The molecule has 0 aliphatic carbocycles. The van der Waals surface area contributed by atoms with Gasteiger partial charge in [0.1, 0.15) is 4.90 Å². The first-order chi connectivity index (χ1) is 9.50. The van der Waals surface area contributed by atoms with E-state index in [0.717, 1.165) is 16.2 Å². The van der Waals surface area contributed by atoms with E-state index in [-0.39, 0.29) is 4.90 Å². The van der Waals surface area contributed by atoms with Crippen LogP contribution in [0.2, 0.25) is 0 Å². The second-order valence-electron chi connectivity index (χ2n) is 4.58. The van der Waals surface area contributed by atoms with Crippen molar-refractivity contribution in [1.82, 2.24) is 0 Å². The number of hydrogen-bond acceptors (Lipinski definition) is 2. The molecule has 100 valence electrons. The summed E-state index contributed by atoms with van der Waals surface area (Å²) in [7, 11) is -4.31. The van der Waals surface area contributed by atoms with Gasteiger partial charge in [0.2, 0.25) is 0 Å². The van der Waals surface area contributed by atoms with Gasteiger partial charge in [-0.2, -0.15) is 8.42 Å². The van der Waals surface area contributed by atoms with E-state index in [1.165, 1.54) is 6.08 Å². The topological polar surface area (TPSA) is 54.4 Å². The highest BCUT2D eigenvalue weighted by molar-refractivity contribution is 7.86. The Labute approximate surface area is 116 Å². The first-order valence-electron chi connectivity index (χ1n) is 6.06. The van der Waals surface area contributed by atoms with Gasteiger partial charge < -0.3 is 0 Å². The van der Waals surface area contributed by atoms with E-state index in [0.29, 0.717) is 10.9 Å². The van der Waals surface area contributed by atoms with Gasteiger partial charge in [0.15, 0.2) is 0 Å². The van der Waals surface area contributed by atoms with Crippen molar-refractivity contribution in [1.29, 1.82) is 0 Å². The van der Waals surface area contributed by atoms with Crippen LogP contribution < -0.4 is 0 Å². The molecule has 3 rings (SSSR count). The minimum Gasteiger partial charge on any atom is -0.282 e. The van der Waals surface area contributed by atoms with E-state index in [1.807, 2.05) is 36.4 Å². The summed E-state index contributed by atoms with van der Waals surface area (Å²) in [5, 5.41) is 3.21. The molecule has 0 saturated heterocycles. The number of benzene rings is 3. The second kappa shape index (κ2) is 4.44. The Kier molecular flexibility index (Phi) is 2.85. The van der Waals surface area contributed by atoms with E-state index < -0.39 is 10.1 Å². The zero-order chi connectivity index (χ0) is 14.3. The van der Waals surface area contributed by atoms with Crippen LogP contribution in [0.15, 0.2) is 60.0 Å². The molecule has 0 heterocycles. The van der Waals surface area contributed by atoms with Crippen LogP contribution in [0.1, 0.15) is 5.56 Å². The summed E-state index contributed by atoms with van der Waals surface area (Å²) in [5.41, 5.74) is 0.398. The molecule has 0 aromatic heterocycles. The molecule has 0 bridgehead atoms. The van der Waals surface area contributed by atoms with E-state index in [4.69, 9.17) is 0 Å². The standard InChI is InChI=1S/C16H12O3S/c1-2-11-7-8-14-9-12-5-3-4-6-13(12)10-15(14)16(11)20(17,18)19/h2-10H,1H2,(H,17,18,19). The number of rotatable bonds is 2. The molecular formula is C16H12O3S. The maximum atomic E-state index is 11.7. The summed E-state index contributed by atoms with van der Waals surface area (Å²) < 4.78 is 32.8. The molecule has 0 spiro atoms. The molecular weight excluding hydrogens is 272 g/mol. The Bertz CT molecular complexity index is 941. The average molecular weight is 284 g/mol. The van der Waals surface area contributed by atoms with E-state index in [1.54, 1.807) is 12.1 Å². The molecule has 0 amide bonds. The zero-order valence-corrected chi connectivity index (χ0v) is 11.4. The highest BCUT2D eigenvalue weighted by Gasteiger charge is 2.18. The lowest BCUT2D eigenvalue weighted by Gasteiger charge is -2.09. The summed E-state index contributed by atoms with van der Waals surface area (Å²) in [6, 6.07) is 14.8. The van der Waals surface area contributed by atoms with E-state index in [2.05, 4.69) is 6.58 Å². The maximum absolute atomic E-state index is 11.7. The molecule has 20 heavy (non-hydrogen) atoms. The van der Waals surface area contributed by atoms with Gasteiger partial charge in [-0.25, -0.2) is 0 Å². The maximum Gasteiger partial charge on any atom is 0.295 e. The summed E-state index contributed by atoms with van der Waals surface area (Å²) in [5.74, 6) is 0. The number of hydrogen-bond donors (Lipinski definition) is 1. The predicted octanol–water partition coefficient (Wildman–Crippen LogP) is 3.88. The van der Waals surface area contributed by atoms with Gasteiger partial charge in [-0.1, -0.05) is 49.1 Å². The lowest BCUT2D eigenvalue weighted by atomic mass is 10.0. The highest BCUT2D eigenvalue weighted by Crippen LogP contribution is 2.31. The third-order valence-electron chi connectivity index (χ3n) is 3.34. The fourth-order valence-electron chi connectivity index (χ4n) is 2.45. The molecule has 3 aromatic rings. The van der Waals surface area contributed by atoms with Crippen molar-refractivity contribution in [3.05, 3.63) is 60.7 Å². The first kappa shape index (κ1) is 12.8. The number of fused-ring (bicyclic) bond motifs is 2. The van der Waals surface area contributed by atoms with Gasteiger partial charge in [-0.3, -0.25) is 4.55 Å². The van der Waals surface area contributed by atoms with Crippen molar-refractivity contribution in [3.63, 3.8) is 0 Å². The van der Waals surface area contributed by atoms with Crippen molar-refractivity contribution < 1.29 is 13.0 Å². The Morgan fingerprint density at radius 2 is 1.60 bits per heavy atom. The smallest absolute Gasteiger partial charge is 0.282 e. The minimum absolute atomic E-state index is 0.0873. The summed E-state index contributed by atoms with van der Waals surface area (Å²) in [4.78, 5) is -0.0873. The van der Waals surface area contributed by atoms with Crippen LogP contribution in [0.25, 0.3) is 27.6 Å². The quantitative estimate of drug-likeness (QED) is 0.574. The summed E-state index contributed by atoms with van der Waals surface area (Å²) >= 11 is 0. The third-order valence-corrected chi connectivity index (χ3v) is 4.32. The van der Waals surface area contributed by atoms with Crippen LogP contribution >= 0.6 is 0 Å². The van der Waals surface area contributed by atoms with Crippen LogP contribution in [0.3, 0.4) is 0 Å². The molecule has 0 aliphatic rings. The molecule has 0 atom stereocenters. The average Bonchev–Trinajstić information content (AvgIpc) is 2.42. The third kappa shape index (κ3) is 1.99. The zero-order valence-electron chi connectivity index (χ0n) is 10.6. The molecule has 0 fully saturated rings. The van der Waals surface area contributed by atoms with Crippen molar-refractivity contribution in [2.24, 2.45) is 0 Å². The lowest BCUT2D eigenvalue weighted by molar-refractivity contribution is 0.484. The molecule has 3 aromatic carbocycles. The van der Waals surface area contributed by atoms with Gasteiger partial charge >= 0.3 is 0 Å². The fourth-order valence-corrected chi connectivity index (χ4v) is 3.36. The van der Waals surface area contributed by atoms with Gasteiger partial charge in [-0.05, 0) is 33.9 Å². The minimum atomic E-state index is -4.31. The van der Waals surface area contributed by atoms with Crippen molar-refractivity contribution in [3.8, 4) is 0 Å². The predicted molar refractivity (Wildman–Crippen MR) is 81.4 cm³/mol. The Morgan fingerprint density at radius 3 is 2.20 bits per heavy atom. The molecule has 4 heteroatoms. The molecule has 3 nitrogen and oxygen atoms in total. The van der Waals surface area contributed by atoms with E-state index >= 15 is 0 Å². The van der Waals surface area contributed by atoms with Crippen molar-refractivity contribution in [2.45, 2.75) is 4.90 Å². The van der Waals surface area contributed by atoms with Gasteiger partial charge in [0.25, 0.3) is 10.1 Å². The van der Waals surface area contributed by atoms with Crippen LogP contribution in [0, 0.1) is 0 Å². The summed E-state index contributed by atoms with van der Waals surface area (Å²) in [6.45, 7) is 3.60. The second-order valence-corrected chi connectivity index (χ2v) is 5.94. The molecule has 0 radical (unpaired) electrons. The molecule has 0 saturated carbocycles. The normalized spacial score (nSPS) is 11.8. The fraction of sp³-hybridized carbons (Fsp3) is 0. The molecule has 0 aliphatic heterocycles. The Morgan fingerprint density at radius 1 is 0.950 bits per heavy atom. The first-order valence-corrected chi connectivity index (χ1v) is 7.50. The van der Waals surface area contributed by atoms with Crippen LogP contribution in [0.4, 0.5) is 0 Å². The van der Waals surface area contributed by atoms with Crippen LogP contribution in [0.5, 0.6) is 0 Å². The molecule has 0 unspecified atom stereocenters. The van der Waals surface area contributed by atoms with Crippen molar-refractivity contribution in [2.75, 3.05) is 0 Å².